The van der Waals surface area contributed by atoms with Crippen LogP contribution in [-0.2, 0) is 9.53 Å². The number of ether oxygens (including phenoxy) is 1. The Morgan fingerprint density at radius 1 is 1.00 bits per heavy atom. The number of fused-ring (bicyclic) bond motifs is 5. The molecule has 0 amide bonds. The summed E-state index contributed by atoms with van der Waals surface area (Å²) in [6.45, 7) is 14.4. The summed E-state index contributed by atoms with van der Waals surface area (Å²) in [5, 5.41) is 10.7. The van der Waals surface area contributed by atoms with E-state index in [1.54, 1.807) is 0 Å². The molecule has 8 atom stereocenters. The van der Waals surface area contributed by atoms with Crippen molar-refractivity contribution in [2.45, 2.75) is 150 Å². The predicted octanol–water partition coefficient (Wildman–Crippen LogP) is 9.79. The zero-order chi connectivity index (χ0) is 28.2. The minimum absolute atomic E-state index is 0.106. The third kappa shape index (κ3) is 6.54. The first-order chi connectivity index (χ1) is 18.6. The Balaban J connectivity index is 1.44. The van der Waals surface area contributed by atoms with Crippen LogP contribution in [0.4, 0.5) is 0 Å². The molecule has 3 heteroatoms. The highest BCUT2D eigenvalue weighted by Gasteiger charge is 2.60. The summed E-state index contributed by atoms with van der Waals surface area (Å²) in [5.74, 6) is 5.03. The van der Waals surface area contributed by atoms with Crippen molar-refractivity contribution >= 4 is 5.97 Å². The van der Waals surface area contributed by atoms with Gasteiger partial charge in [-0.25, -0.2) is 0 Å². The number of carbonyl (C=O) groups excluding carboxylic acids is 1. The van der Waals surface area contributed by atoms with Crippen molar-refractivity contribution in [2.75, 3.05) is 0 Å². The maximum absolute atomic E-state index is 13.0. The van der Waals surface area contributed by atoms with Crippen molar-refractivity contribution in [1.82, 2.24) is 0 Å². The molecule has 0 saturated heterocycles. The molecule has 39 heavy (non-hydrogen) atoms. The van der Waals surface area contributed by atoms with Crippen LogP contribution in [-0.4, -0.2) is 17.2 Å². The van der Waals surface area contributed by atoms with Gasteiger partial charge in [0.15, 0.2) is 0 Å². The molecule has 0 aromatic heterocycles. The van der Waals surface area contributed by atoms with E-state index in [4.69, 9.17) is 4.74 Å². The third-order valence-corrected chi connectivity index (χ3v) is 11.9. The van der Waals surface area contributed by atoms with Gasteiger partial charge in [-0.15, -0.1) is 0 Å². The van der Waals surface area contributed by atoms with E-state index < -0.39 is 6.10 Å². The van der Waals surface area contributed by atoms with E-state index >= 15 is 0 Å². The first-order valence-corrected chi connectivity index (χ1v) is 16.9. The number of allylic oxidation sites excluding steroid dienone is 2. The number of aliphatic hydroxyl groups is 1. The van der Waals surface area contributed by atoms with Gasteiger partial charge in [0.1, 0.15) is 5.76 Å². The fourth-order valence-electron chi connectivity index (χ4n) is 9.72. The highest BCUT2D eigenvalue weighted by molar-refractivity contribution is 5.71. The number of hydrogen-bond donors (Lipinski definition) is 1. The molecule has 0 radical (unpaired) electrons. The van der Waals surface area contributed by atoms with Gasteiger partial charge in [0.05, 0.1) is 6.10 Å². The van der Waals surface area contributed by atoms with Gasteiger partial charge >= 0.3 is 5.97 Å². The van der Waals surface area contributed by atoms with Crippen molar-refractivity contribution in [1.29, 1.82) is 0 Å². The summed E-state index contributed by atoms with van der Waals surface area (Å²) in [6, 6.07) is 0. The van der Waals surface area contributed by atoms with E-state index in [1.165, 1.54) is 76.2 Å². The highest BCUT2D eigenvalue weighted by Crippen LogP contribution is 2.67. The molecule has 0 unspecified atom stereocenters. The van der Waals surface area contributed by atoms with Gasteiger partial charge in [0.2, 0.25) is 0 Å². The first kappa shape index (κ1) is 30.9. The molecule has 1 N–H and O–H groups in total. The van der Waals surface area contributed by atoms with Gasteiger partial charge in [-0.05, 0) is 98.9 Å². The normalized spacial score (nSPS) is 36.5. The lowest BCUT2D eigenvalue weighted by atomic mass is 9.47. The number of hydrogen-bond acceptors (Lipinski definition) is 3. The Bertz CT molecular complexity index is 886. The molecular formula is C36H60O3. The maximum Gasteiger partial charge on any atom is 0.310 e. The first-order valence-electron chi connectivity index (χ1n) is 16.9. The Morgan fingerprint density at radius 2 is 1.74 bits per heavy atom. The molecule has 0 bridgehead atoms. The summed E-state index contributed by atoms with van der Waals surface area (Å²) < 4.78 is 6.19. The lowest BCUT2D eigenvalue weighted by Crippen LogP contribution is -2.51. The van der Waals surface area contributed by atoms with Crippen LogP contribution in [0.25, 0.3) is 0 Å². The van der Waals surface area contributed by atoms with Gasteiger partial charge in [-0.2, -0.15) is 0 Å². The van der Waals surface area contributed by atoms with Crippen molar-refractivity contribution in [2.24, 2.45) is 46.3 Å². The standard InChI is InChI=1S/C36H60O3/c1-7-8-9-10-11-12-16-34(38)39-33-24-28(37)23-27-17-18-29-31-20-19-30(26(4)15-13-14-25(2)3)35(31,5)22-21-32(29)36(27,33)6/h17,24-26,28-32,37H,7-16,18-23H2,1-6H3/t26-,28+,29+,30-,31+,32+,35-,36+/m1/s1. The van der Waals surface area contributed by atoms with Gasteiger partial charge in [0.25, 0.3) is 0 Å². The third-order valence-electron chi connectivity index (χ3n) is 11.9. The molecule has 2 fully saturated rings. The van der Waals surface area contributed by atoms with Crippen LogP contribution in [0.5, 0.6) is 0 Å². The molecule has 0 aromatic rings. The molecule has 0 aliphatic heterocycles. The minimum atomic E-state index is -0.547. The van der Waals surface area contributed by atoms with Crippen LogP contribution < -0.4 is 0 Å². The predicted molar refractivity (Wildman–Crippen MR) is 162 cm³/mol. The largest absolute Gasteiger partial charge is 0.430 e. The Kier molecular flexibility index (Phi) is 10.5. The van der Waals surface area contributed by atoms with Crippen molar-refractivity contribution in [3.05, 3.63) is 23.5 Å². The fourth-order valence-corrected chi connectivity index (χ4v) is 9.72. The number of rotatable bonds is 13. The zero-order valence-electron chi connectivity index (χ0n) is 26.3. The topological polar surface area (TPSA) is 46.5 Å². The lowest BCUT2D eigenvalue weighted by Gasteiger charge is -2.58. The van der Waals surface area contributed by atoms with Crippen molar-refractivity contribution in [3.8, 4) is 0 Å². The molecule has 4 rings (SSSR count). The average molecular weight is 541 g/mol. The molecule has 0 spiro atoms. The molecule has 4 aliphatic carbocycles. The van der Waals surface area contributed by atoms with Gasteiger partial charge in [0, 0.05) is 11.8 Å². The Hall–Kier alpha value is -1.09. The number of esters is 1. The van der Waals surface area contributed by atoms with Crippen LogP contribution in [0.3, 0.4) is 0 Å². The quantitative estimate of drug-likeness (QED) is 0.144. The van der Waals surface area contributed by atoms with E-state index in [-0.39, 0.29) is 11.4 Å². The summed E-state index contributed by atoms with van der Waals surface area (Å²) in [4.78, 5) is 13.0. The van der Waals surface area contributed by atoms with Crippen LogP contribution in [0, 0.1) is 46.3 Å². The smallest absolute Gasteiger partial charge is 0.310 e. The van der Waals surface area contributed by atoms with Crippen LogP contribution in [0.2, 0.25) is 0 Å². The Labute approximate surface area is 240 Å². The average Bonchev–Trinajstić information content (AvgIpc) is 3.24. The molecular weight excluding hydrogens is 480 g/mol. The molecule has 222 valence electrons. The SMILES string of the molecule is CCCCCCCCC(=O)OC1=C[C@@H](O)CC2=CC[C@@H]3[C@H](CC[C@]4(C)[C@@H]([C@H](C)CCCC(C)C)CC[C@@H]34)[C@]21C. The zero-order valence-corrected chi connectivity index (χ0v) is 26.3. The second-order valence-electron chi connectivity index (χ2n) is 14.9. The summed E-state index contributed by atoms with van der Waals surface area (Å²) in [6.07, 6.45) is 22.4. The van der Waals surface area contributed by atoms with Gasteiger partial charge < -0.3 is 9.84 Å². The van der Waals surface area contributed by atoms with Crippen LogP contribution >= 0.6 is 0 Å². The number of carbonyl (C=O) groups is 1. The summed E-state index contributed by atoms with van der Waals surface area (Å²) in [5.41, 5.74) is 1.51. The van der Waals surface area contributed by atoms with E-state index in [0.717, 1.165) is 48.7 Å². The summed E-state index contributed by atoms with van der Waals surface area (Å²) >= 11 is 0. The van der Waals surface area contributed by atoms with E-state index in [1.807, 2.05) is 6.08 Å². The van der Waals surface area contributed by atoms with E-state index in [2.05, 4.69) is 47.6 Å². The second-order valence-corrected chi connectivity index (χ2v) is 14.9. The molecule has 4 aliphatic rings. The molecule has 3 nitrogen and oxygen atoms in total. The highest BCUT2D eigenvalue weighted by atomic mass is 16.5. The van der Waals surface area contributed by atoms with Crippen LogP contribution in [0.1, 0.15) is 144 Å². The van der Waals surface area contributed by atoms with Crippen LogP contribution in [0.15, 0.2) is 23.5 Å². The van der Waals surface area contributed by atoms with Gasteiger partial charge in [-0.3, -0.25) is 4.79 Å². The second kappa shape index (κ2) is 13.3. The maximum atomic E-state index is 13.0. The number of unbranched alkanes of at least 4 members (excludes halogenated alkanes) is 5. The summed E-state index contributed by atoms with van der Waals surface area (Å²) in [7, 11) is 0. The minimum Gasteiger partial charge on any atom is -0.430 e. The molecule has 0 aromatic carbocycles. The van der Waals surface area contributed by atoms with E-state index in [0.29, 0.717) is 30.1 Å². The molecule has 2 saturated carbocycles. The fraction of sp³-hybridized carbons (Fsp3) is 0.861. The van der Waals surface area contributed by atoms with Gasteiger partial charge in [-0.1, -0.05) is 97.6 Å². The molecule has 0 heterocycles. The van der Waals surface area contributed by atoms with E-state index in [9.17, 15) is 9.90 Å². The Morgan fingerprint density at radius 3 is 2.49 bits per heavy atom. The van der Waals surface area contributed by atoms with Crippen molar-refractivity contribution < 1.29 is 14.6 Å². The monoisotopic (exact) mass is 540 g/mol. The lowest BCUT2D eigenvalue weighted by molar-refractivity contribution is -0.143. The number of aliphatic hydroxyl groups excluding tert-OH is 1. The van der Waals surface area contributed by atoms with Crippen molar-refractivity contribution in [3.63, 3.8) is 0 Å².